The molecule has 2 aliphatic rings. The van der Waals surface area contributed by atoms with Crippen molar-refractivity contribution in [2.24, 2.45) is 0 Å². The standard InChI is InChI=1S/C9H16O5.Ac/c1-4-7(10)8(11)9-6(13-4)3-12-5(2)14-9;/h4-11H,3H2,1-2H3;. The molecular formula is C9H16AcO5. The smallest absolute Gasteiger partial charge is 0.155 e. The van der Waals surface area contributed by atoms with Gasteiger partial charge in [0.1, 0.15) is 24.4 Å². The maximum absolute atomic E-state index is 9.75. The first-order valence-corrected chi connectivity index (χ1v) is 4.88. The van der Waals surface area contributed by atoms with Crippen LogP contribution in [0.1, 0.15) is 13.8 Å². The molecule has 0 aromatic heterocycles. The summed E-state index contributed by atoms with van der Waals surface area (Å²) in [6.07, 6.45) is -3.27. The third-order valence-corrected chi connectivity index (χ3v) is 2.77. The Bertz CT molecular complexity index is 213. The summed E-state index contributed by atoms with van der Waals surface area (Å²) in [6.45, 7) is 3.88. The van der Waals surface area contributed by atoms with E-state index in [-0.39, 0.29) is 62.6 Å². The van der Waals surface area contributed by atoms with Crippen molar-refractivity contribution in [2.45, 2.75) is 50.7 Å². The van der Waals surface area contributed by atoms with Crippen molar-refractivity contribution in [3.8, 4) is 0 Å². The predicted molar refractivity (Wildman–Crippen MR) is 46.6 cm³/mol. The molecule has 0 aliphatic carbocycles. The molecule has 0 bridgehead atoms. The van der Waals surface area contributed by atoms with Gasteiger partial charge in [-0.15, -0.1) is 0 Å². The third kappa shape index (κ3) is 2.92. The summed E-state index contributed by atoms with van der Waals surface area (Å²) in [7, 11) is 0. The molecule has 85 valence electrons. The number of fused-ring (bicyclic) bond motifs is 1. The summed E-state index contributed by atoms with van der Waals surface area (Å²) >= 11 is 0. The minimum Gasteiger partial charge on any atom is -0.388 e. The van der Waals surface area contributed by atoms with Gasteiger partial charge in [-0.3, -0.25) is 0 Å². The van der Waals surface area contributed by atoms with Crippen molar-refractivity contribution in [1.82, 2.24) is 0 Å². The molecule has 0 aromatic rings. The monoisotopic (exact) mass is 431 g/mol. The van der Waals surface area contributed by atoms with Crippen molar-refractivity contribution in [2.75, 3.05) is 6.61 Å². The van der Waals surface area contributed by atoms with Crippen LogP contribution in [-0.2, 0) is 14.2 Å². The predicted octanol–water partition coefficient (Wildman–Crippen LogP) is -0.743. The number of rotatable bonds is 0. The molecule has 0 aromatic carbocycles. The zero-order valence-electron chi connectivity index (χ0n) is 8.87. The summed E-state index contributed by atoms with van der Waals surface area (Å²) in [4.78, 5) is 0. The van der Waals surface area contributed by atoms with Crippen molar-refractivity contribution in [3.63, 3.8) is 0 Å². The van der Waals surface area contributed by atoms with Gasteiger partial charge in [-0.1, -0.05) is 0 Å². The molecule has 6 atom stereocenters. The topological polar surface area (TPSA) is 68.2 Å². The summed E-state index contributed by atoms with van der Waals surface area (Å²) in [5.41, 5.74) is 0. The molecule has 2 saturated heterocycles. The van der Waals surface area contributed by atoms with Crippen LogP contribution in [0.2, 0.25) is 0 Å². The second kappa shape index (κ2) is 5.72. The Kier molecular flexibility index (Phi) is 5.46. The minimum atomic E-state index is -0.893. The molecule has 6 unspecified atom stereocenters. The first-order valence-electron chi connectivity index (χ1n) is 4.88. The van der Waals surface area contributed by atoms with Gasteiger partial charge in [0, 0.05) is 44.1 Å². The van der Waals surface area contributed by atoms with E-state index in [1.807, 2.05) is 0 Å². The molecule has 1 radical (unpaired) electrons. The van der Waals surface area contributed by atoms with E-state index in [9.17, 15) is 10.2 Å². The van der Waals surface area contributed by atoms with E-state index in [4.69, 9.17) is 14.2 Å². The summed E-state index contributed by atoms with van der Waals surface area (Å²) in [6, 6.07) is 0. The van der Waals surface area contributed by atoms with Gasteiger partial charge < -0.3 is 24.4 Å². The first-order chi connectivity index (χ1) is 6.59. The van der Waals surface area contributed by atoms with Gasteiger partial charge in [-0.2, -0.15) is 0 Å². The van der Waals surface area contributed by atoms with E-state index < -0.39 is 18.3 Å². The Morgan fingerprint density at radius 1 is 1.07 bits per heavy atom. The summed E-state index contributed by atoms with van der Waals surface area (Å²) in [5.74, 6) is 0. The number of aliphatic hydroxyl groups is 2. The van der Waals surface area contributed by atoms with Crippen LogP contribution in [0.15, 0.2) is 0 Å². The summed E-state index contributed by atoms with van der Waals surface area (Å²) < 4.78 is 16.1. The first kappa shape index (κ1) is 14.3. The fourth-order valence-electron chi connectivity index (χ4n) is 1.92. The van der Waals surface area contributed by atoms with E-state index in [1.165, 1.54) is 0 Å². The van der Waals surface area contributed by atoms with Crippen LogP contribution >= 0.6 is 0 Å². The molecule has 2 aliphatic heterocycles. The maximum Gasteiger partial charge on any atom is 0.155 e. The van der Waals surface area contributed by atoms with Gasteiger partial charge in [0.05, 0.1) is 12.7 Å². The average Bonchev–Trinajstić information content (AvgIpc) is 2.16. The molecule has 6 heteroatoms. The largest absolute Gasteiger partial charge is 0.388 e. The van der Waals surface area contributed by atoms with Crippen LogP contribution in [0.5, 0.6) is 0 Å². The van der Waals surface area contributed by atoms with Crippen molar-refractivity contribution >= 4 is 0 Å². The fraction of sp³-hybridized carbons (Fsp3) is 1.00. The second-order valence-electron chi connectivity index (χ2n) is 3.86. The maximum atomic E-state index is 9.75. The number of hydrogen-bond acceptors (Lipinski definition) is 5. The molecule has 0 amide bonds. The molecule has 2 heterocycles. The van der Waals surface area contributed by atoms with Gasteiger partial charge in [0.15, 0.2) is 6.29 Å². The Labute approximate surface area is 125 Å². The third-order valence-electron chi connectivity index (χ3n) is 2.77. The molecular weight excluding hydrogens is 415 g/mol. The zero-order chi connectivity index (χ0) is 10.3. The van der Waals surface area contributed by atoms with E-state index in [1.54, 1.807) is 13.8 Å². The van der Waals surface area contributed by atoms with Crippen molar-refractivity contribution in [1.29, 1.82) is 0 Å². The van der Waals surface area contributed by atoms with Gasteiger partial charge in [0.25, 0.3) is 0 Å². The van der Waals surface area contributed by atoms with Gasteiger partial charge in [-0.05, 0) is 13.8 Å². The number of hydrogen-bond donors (Lipinski definition) is 2. The minimum absolute atomic E-state index is 0. The molecule has 15 heavy (non-hydrogen) atoms. The van der Waals surface area contributed by atoms with Gasteiger partial charge in [0.2, 0.25) is 0 Å². The normalized spacial score (nSPS) is 50.4. The SMILES string of the molecule is CC1OCC2OC(C)C(O)C(O)C2O1.[Ac]. The van der Waals surface area contributed by atoms with E-state index in [2.05, 4.69) is 0 Å². The van der Waals surface area contributed by atoms with Crippen LogP contribution < -0.4 is 0 Å². The molecule has 2 fully saturated rings. The van der Waals surface area contributed by atoms with E-state index >= 15 is 0 Å². The van der Waals surface area contributed by atoms with Crippen molar-refractivity contribution < 1.29 is 68.5 Å². The average molecular weight is 431 g/mol. The Morgan fingerprint density at radius 3 is 2.40 bits per heavy atom. The molecule has 0 spiro atoms. The van der Waals surface area contributed by atoms with Crippen LogP contribution in [0.3, 0.4) is 0 Å². The van der Waals surface area contributed by atoms with Crippen LogP contribution in [0, 0.1) is 44.1 Å². The molecule has 5 nitrogen and oxygen atoms in total. The van der Waals surface area contributed by atoms with Gasteiger partial charge in [-0.25, -0.2) is 0 Å². The second-order valence-corrected chi connectivity index (χ2v) is 3.86. The zero-order valence-corrected chi connectivity index (χ0v) is 13.6. The summed E-state index contributed by atoms with van der Waals surface area (Å²) in [5, 5.41) is 19.3. The van der Waals surface area contributed by atoms with Crippen molar-refractivity contribution in [3.05, 3.63) is 0 Å². The number of aliphatic hydroxyl groups excluding tert-OH is 2. The number of ether oxygens (including phenoxy) is 3. The Balaban J connectivity index is 0.00000112. The van der Waals surface area contributed by atoms with Crippen LogP contribution in [0.25, 0.3) is 0 Å². The Morgan fingerprint density at radius 2 is 1.73 bits per heavy atom. The Hall–Kier alpha value is 1.24. The quantitative estimate of drug-likeness (QED) is 0.529. The van der Waals surface area contributed by atoms with Crippen LogP contribution in [0.4, 0.5) is 0 Å². The molecule has 2 N–H and O–H groups in total. The van der Waals surface area contributed by atoms with E-state index in [0.29, 0.717) is 6.61 Å². The van der Waals surface area contributed by atoms with E-state index in [0.717, 1.165) is 0 Å². The fourth-order valence-corrected chi connectivity index (χ4v) is 1.92. The van der Waals surface area contributed by atoms with Crippen LogP contribution in [-0.4, -0.2) is 53.6 Å². The molecule has 2 rings (SSSR count). The van der Waals surface area contributed by atoms with Gasteiger partial charge >= 0.3 is 0 Å². The molecule has 0 saturated carbocycles.